The van der Waals surface area contributed by atoms with E-state index >= 15 is 0 Å². The Bertz CT molecular complexity index is 709. The topological polar surface area (TPSA) is 67.2 Å². The third kappa shape index (κ3) is 4.10. The van der Waals surface area contributed by atoms with Gasteiger partial charge in [0.2, 0.25) is 0 Å². The average molecular weight is 341 g/mol. The SMILES string of the molecule is CC[C@H](O)CCNC(=O)c1nc(-c2ccccc2)n2c1CCCCC2. The summed E-state index contributed by atoms with van der Waals surface area (Å²) in [5.74, 6) is 0.757. The zero-order chi connectivity index (χ0) is 17.6. The minimum Gasteiger partial charge on any atom is -0.393 e. The second-order valence-corrected chi connectivity index (χ2v) is 6.67. The van der Waals surface area contributed by atoms with E-state index in [0.717, 1.165) is 42.9 Å². The van der Waals surface area contributed by atoms with E-state index in [4.69, 9.17) is 4.98 Å². The number of carbonyl (C=O) groups is 1. The molecular weight excluding hydrogens is 314 g/mol. The minimum atomic E-state index is -0.362. The molecule has 134 valence electrons. The molecule has 2 N–H and O–H groups in total. The molecule has 0 saturated heterocycles. The molecule has 2 heterocycles. The number of imidazole rings is 1. The van der Waals surface area contributed by atoms with Crippen molar-refractivity contribution >= 4 is 5.91 Å². The van der Waals surface area contributed by atoms with Crippen molar-refractivity contribution in [2.45, 2.75) is 58.1 Å². The van der Waals surface area contributed by atoms with Gasteiger partial charge < -0.3 is 15.0 Å². The Hall–Kier alpha value is -2.14. The zero-order valence-electron chi connectivity index (χ0n) is 14.9. The summed E-state index contributed by atoms with van der Waals surface area (Å²) < 4.78 is 2.22. The Kier molecular flexibility index (Phi) is 5.87. The molecule has 1 aromatic carbocycles. The van der Waals surface area contributed by atoms with Gasteiger partial charge in [-0.1, -0.05) is 43.7 Å². The maximum absolute atomic E-state index is 12.7. The van der Waals surface area contributed by atoms with Crippen molar-refractivity contribution in [2.75, 3.05) is 6.54 Å². The summed E-state index contributed by atoms with van der Waals surface area (Å²) in [7, 11) is 0. The predicted octanol–water partition coefficient (Wildman–Crippen LogP) is 3.17. The van der Waals surface area contributed by atoms with Crippen molar-refractivity contribution in [2.24, 2.45) is 0 Å². The lowest BCUT2D eigenvalue weighted by atomic mass is 10.1. The number of amides is 1. The highest BCUT2D eigenvalue weighted by atomic mass is 16.3. The van der Waals surface area contributed by atoms with Crippen LogP contribution < -0.4 is 5.32 Å². The van der Waals surface area contributed by atoms with Crippen LogP contribution in [0.2, 0.25) is 0 Å². The molecule has 1 atom stereocenters. The molecule has 25 heavy (non-hydrogen) atoms. The second-order valence-electron chi connectivity index (χ2n) is 6.67. The van der Waals surface area contributed by atoms with Crippen molar-refractivity contribution in [1.29, 1.82) is 0 Å². The Balaban J connectivity index is 1.86. The van der Waals surface area contributed by atoms with Crippen LogP contribution in [-0.2, 0) is 13.0 Å². The van der Waals surface area contributed by atoms with Crippen LogP contribution in [0.4, 0.5) is 0 Å². The molecule has 0 spiro atoms. The van der Waals surface area contributed by atoms with Crippen LogP contribution in [0.5, 0.6) is 0 Å². The van der Waals surface area contributed by atoms with Crippen LogP contribution >= 0.6 is 0 Å². The first-order valence-electron chi connectivity index (χ1n) is 9.31. The van der Waals surface area contributed by atoms with Gasteiger partial charge in [0.25, 0.3) is 5.91 Å². The van der Waals surface area contributed by atoms with Crippen LogP contribution in [0.1, 0.15) is 55.2 Å². The van der Waals surface area contributed by atoms with Gasteiger partial charge in [-0.3, -0.25) is 4.79 Å². The Morgan fingerprint density at radius 2 is 2.08 bits per heavy atom. The van der Waals surface area contributed by atoms with Crippen molar-refractivity contribution < 1.29 is 9.90 Å². The van der Waals surface area contributed by atoms with Gasteiger partial charge in [-0.25, -0.2) is 4.98 Å². The standard InChI is InChI=1S/C20H27N3O2/c1-2-16(24)12-13-21-20(25)18-17-11-7-4-8-14-23(17)19(22-18)15-9-5-3-6-10-15/h3,5-6,9-10,16,24H,2,4,7-8,11-14H2,1H3,(H,21,25)/t16-/m0/s1. The summed E-state index contributed by atoms with van der Waals surface area (Å²) in [6.07, 6.45) is 5.19. The lowest BCUT2D eigenvalue weighted by Crippen LogP contribution is -2.28. The first-order chi connectivity index (χ1) is 12.2. The Labute approximate surface area is 149 Å². The fourth-order valence-electron chi connectivity index (χ4n) is 3.35. The highest BCUT2D eigenvalue weighted by molar-refractivity contribution is 5.94. The quantitative estimate of drug-likeness (QED) is 0.848. The summed E-state index contributed by atoms with van der Waals surface area (Å²) in [6, 6.07) is 10.1. The molecule has 2 aromatic rings. The number of nitrogens with zero attached hydrogens (tertiary/aromatic N) is 2. The van der Waals surface area contributed by atoms with E-state index in [1.54, 1.807) is 0 Å². The fourth-order valence-corrected chi connectivity index (χ4v) is 3.35. The Morgan fingerprint density at radius 3 is 2.84 bits per heavy atom. The van der Waals surface area contributed by atoms with Crippen LogP contribution in [0.25, 0.3) is 11.4 Å². The van der Waals surface area contributed by atoms with Crippen molar-refractivity contribution in [3.63, 3.8) is 0 Å². The number of nitrogens with one attached hydrogen (secondary N) is 1. The third-order valence-electron chi connectivity index (χ3n) is 4.85. The van der Waals surface area contributed by atoms with Crippen LogP contribution in [0.15, 0.2) is 30.3 Å². The molecule has 1 aliphatic heterocycles. The molecule has 1 aliphatic rings. The molecule has 3 rings (SSSR count). The van der Waals surface area contributed by atoms with Gasteiger partial charge in [-0.2, -0.15) is 0 Å². The van der Waals surface area contributed by atoms with E-state index in [0.29, 0.717) is 25.1 Å². The van der Waals surface area contributed by atoms with E-state index in [-0.39, 0.29) is 12.0 Å². The smallest absolute Gasteiger partial charge is 0.271 e. The summed E-state index contributed by atoms with van der Waals surface area (Å²) in [5, 5.41) is 12.6. The predicted molar refractivity (Wildman–Crippen MR) is 98.5 cm³/mol. The maximum Gasteiger partial charge on any atom is 0.271 e. The number of hydrogen-bond donors (Lipinski definition) is 2. The van der Waals surface area contributed by atoms with Crippen LogP contribution in [0.3, 0.4) is 0 Å². The molecule has 1 aromatic heterocycles. The van der Waals surface area contributed by atoms with Crippen LogP contribution in [0, 0.1) is 0 Å². The summed E-state index contributed by atoms with van der Waals surface area (Å²) >= 11 is 0. The molecule has 5 heteroatoms. The van der Waals surface area contributed by atoms with Crippen molar-refractivity contribution in [3.05, 3.63) is 41.7 Å². The van der Waals surface area contributed by atoms with Crippen molar-refractivity contribution in [3.8, 4) is 11.4 Å². The van der Waals surface area contributed by atoms with Gasteiger partial charge >= 0.3 is 0 Å². The zero-order valence-corrected chi connectivity index (χ0v) is 14.9. The molecule has 0 aliphatic carbocycles. The summed E-state index contributed by atoms with van der Waals surface area (Å²) in [4.78, 5) is 17.4. The fraction of sp³-hybridized carbons (Fsp3) is 0.500. The van der Waals surface area contributed by atoms with Gasteiger partial charge in [-0.15, -0.1) is 0 Å². The Morgan fingerprint density at radius 1 is 1.28 bits per heavy atom. The maximum atomic E-state index is 12.7. The van der Waals surface area contributed by atoms with Gasteiger partial charge in [0.1, 0.15) is 11.5 Å². The van der Waals surface area contributed by atoms with Gasteiger partial charge in [0.15, 0.2) is 0 Å². The molecule has 0 unspecified atom stereocenters. The molecule has 0 fully saturated rings. The molecule has 1 amide bonds. The highest BCUT2D eigenvalue weighted by Gasteiger charge is 2.24. The van der Waals surface area contributed by atoms with Gasteiger partial charge in [0, 0.05) is 18.7 Å². The lowest BCUT2D eigenvalue weighted by Gasteiger charge is -2.10. The third-order valence-corrected chi connectivity index (χ3v) is 4.85. The average Bonchev–Trinajstić information content (AvgIpc) is 2.83. The van der Waals surface area contributed by atoms with Crippen molar-refractivity contribution in [1.82, 2.24) is 14.9 Å². The number of rotatable bonds is 6. The monoisotopic (exact) mass is 341 g/mol. The van der Waals surface area contributed by atoms with E-state index in [1.165, 1.54) is 6.42 Å². The van der Waals surface area contributed by atoms with Crippen LogP contribution in [-0.4, -0.2) is 33.2 Å². The number of fused-ring (bicyclic) bond motifs is 1. The highest BCUT2D eigenvalue weighted by Crippen LogP contribution is 2.27. The molecule has 0 saturated carbocycles. The number of carbonyl (C=O) groups excluding carboxylic acids is 1. The lowest BCUT2D eigenvalue weighted by molar-refractivity contribution is 0.0936. The largest absolute Gasteiger partial charge is 0.393 e. The minimum absolute atomic E-state index is 0.129. The first-order valence-corrected chi connectivity index (χ1v) is 9.31. The normalized spacial score (nSPS) is 15.3. The van der Waals surface area contributed by atoms with E-state index < -0.39 is 0 Å². The van der Waals surface area contributed by atoms with Gasteiger partial charge in [0.05, 0.1) is 11.8 Å². The number of aliphatic hydroxyl groups is 1. The second kappa shape index (κ2) is 8.30. The number of aliphatic hydroxyl groups excluding tert-OH is 1. The molecule has 0 bridgehead atoms. The van der Waals surface area contributed by atoms with E-state index in [1.807, 2.05) is 37.3 Å². The number of hydrogen-bond acceptors (Lipinski definition) is 3. The van der Waals surface area contributed by atoms with E-state index in [2.05, 4.69) is 9.88 Å². The van der Waals surface area contributed by atoms with Gasteiger partial charge in [-0.05, 0) is 32.1 Å². The molecule has 0 radical (unpaired) electrons. The summed E-state index contributed by atoms with van der Waals surface area (Å²) in [6.45, 7) is 3.32. The molecular formula is C20H27N3O2. The first kappa shape index (κ1) is 17.7. The van der Waals surface area contributed by atoms with E-state index in [9.17, 15) is 9.90 Å². The number of benzene rings is 1. The molecule has 5 nitrogen and oxygen atoms in total. The number of aromatic nitrogens is 2. The summed E-state index contributed by atoms with van der Waals surface area (Å²) in [5.41, 5.74) is 2.64.